The zero-order valence-corrected chi connectivity index (χ0v) is 13.0. The standard InChI is InChI=1S/C17H23NO4/c1-10-3-4-12(11(2)7-10)5-6-15(20)18-13-8-21-17-14(19)9-22-16(13)17/h3-4,7,13-14,16-17,19H,5-6,8-9H2,1-2H3,(H,18,20)/t13-,14-,16-,17-/m1/s1. The topological polar surface area (TPSA) is 67.8 Å². The lowest BCUT2D eigenvalue weighted by atomic mass is 10.0. The average molecular weight is 305 g/mol. The Labute approximate surface area is 130 Å². The number of carbonyl (C=O) groups is 1. The molecule has 2 aliphatic rings. The lowest BCUT2D eigenvalue weighted by molar-refractivity contribution is -0.122. The number of fused-ring (bicyclic) bond motifs is 1. The second-order valence-corrected chi connectivity index (χ2v) is 6.27. The number of carbonyl (C=O) groups excluding carboxylic acids is 1. The van der Waals surface area contributed by atoms with Crippen molar-refractivity contribution in [2.24, 2.45) is 0 Å². The minimum atomic E-state index is -0.581. The van der Waals surface area contributed by atoms with Crippen molar-refractivity contribution >= 4 is 5.91 Å². The number of ether oxygens (including phenoxy) is 2. The van der Waals surface area contributed by atoms with Crippen molar-refractivity contribution in [2.75, 3.05) is 13.2 Å². The fourth-order valence-electron chi connectivity index (χ4n) is 3.26. The van der Waals surface area contributed by atoms with Gasteiger partial charge in [-0.3, -0.25) is 4.79 Å². The second kappa shape index (κ2) is 6.36. The number of nitrogens with one attached hydrogen (secondary N) is 1. The molecule has 2 saturated heterocycles. The molecule has 22 heavy (non-hydrogen) atoms. The first kappa shape index (κ1) is 15.5. The lowest BCUT2D eigenvalue weighted by Crippen LogP contribution is -2.44. The largest absolute Gasteiger partial charge is 0.388 e. The van der Waals surface area contributed by atoms with E-state index in [1.165, 1.54) is 16.7 Å². The highest BCUT2D eigenvalue weighted by molar-refractivity contribution is 5.76. The van der Waals surface area contributed by atoms with Gasteiger partial charge in [-0.05, 0) is 31.4 Å². The van der Waals surface area contributed by atoms with Crippen LogP contribution in [-0.2, 0) is 20.7 Å². The Bertz CT molecular complexity index is 560. The highest BCUT2D eigenvalue weighted by Gasteiger charge is 2.47. The molecule has 5 nitrogen and oxygen atoms in total. The summed E-state index contributed by atoms with van der Waals surface area (Å²) < 4.78 is 11.0. The third-order valence-corrected chi connectivity index (χ3v) is 4.49. The zero-order chi connectivity index (χ0) is 15.7. The first-order valence-electron chi connectivity index (χ1n) is 7.81. The number of hydrogen-bond donors (Lipinski definition) is 2. The van der Waals surface area contributed by atoms with Gasteiger partial charge in [0, 0.05) is 6.42 Å². The Kier molecular flexibility index (Phi) is 4.47. The monoisotopic (exact) mass is 305 g/mol. The van der Waals surface area contributed by atoms with Gasteiger partial charge in [0.2, 0.25) is 5.91 Å². The van der Waals surface area contributed by atoms with Crippen molar-refractivity contribution in [2.45, 2.75) is 51.0 Å². The summed E-state index contributed by atoms with van der Waals surface area (Å²) in [6, 6.07) is 6.14. The minimum Gasteiger partial charge on any atom is -0.388 e. The molecule has 2 N–H and O–H groups in total. The zero-order valence-electron chi connectivity index (χ0n) is 13.0. The van der Waals surface area contributed by atoms with Gasteiger partial charge in [0.05, 0.1) is 19.3 Å². The van der Waals surface area contributed by atoms with Crippen LogP contribution in [0.1, 0.15) is 23.1 Å². The van der Waals surface area contributed by atoms with E-state index in [0.717, 1.165) is 6.42 Å². The molecule has 0 unspecified atom stereocenters. The van der Waals surface area contributed by atoms with E-state index in [9.17, 15) is 9.90 Å². The van der Waals surface area contributed by atoms with Gasteiger partial charge < -0.3 is 19.9 Å². The predicted octanol–water partition coefficient (Wildman–Crippen LogP) is 0.879. The van der Waals surface area contributed by atoms with Gasteiger partial charge in [-0.25, -0.2) is 0 Å². The number of aliphatic hydroxyl groups excluding tert-OH is 1. The Balaban J connectivity index is 1.51. The van der Waals surface area contributed by atoms with E-state index in [1.807, 2.05) is 0 Å². The summed E-state index contributed by atoms with van der Waals surface area (Å²) in [6.45, 7) is 4.82. The quantitative estimate of drug-likeness (QED) is 0.866. The molecule has 0 spiro atoms. The lowest BCUT2D eigenvalue weighted by Gasteiger charge is -2.17. The molecule has 0 aliphatic carbocycles. The molecule has 2 heterocycles. The normalized spacial score (nSPS) is 30.3. The first-order chi connectivity index (χ1) is 10.5. The first-order valence-corrected chi connectivity index (χ1v) is 7.81. The van der Waals surface area contributed by atoms with E-state index in [-0.39, 0.29) is 30.8 Å². The highest BCUT2D eigenvalue weighted by Crippen LogP contribution is 2.27. The van der Waals surface area contributed by atoms with Gasteiger partial charge >= 0.3 is 0 Å². The maximum absolute atomic E-state index is 12.1. The number of benzene rings is 1. The summed E-state index contributed by atoms with van der Waals surface area (Å²) in [6.07, 6.45) is 0.0653. The van der Waals surface area contributed by atoms with Crippen LogP contribution in [0.2, 0.25) is 0 Å². The fraction of sp³-hybridized carbons (Fsp3) is 0.588. The van der Waals surface area contributed by atoms with Crippen molar-refractivity contribution in [3.8, 4) is 0 Å². The molecule has 1 amide bonds. The van der Waals surface area contributed by atoms with E-state index in [1.54, 1.807) is 0 Å². The molecule has 4 atom stereocenters. The van der Waals surface area contributed by atoms with Gasteiger partial charge in [0.15, 0.2) is 0 Å². The van der Waals surface area contributed by atoms with E-state index in [2.05, 4.69) is 37.4 Å². The third-order valence-electron chi connectivity index (χ3n) is 4.49. The Hall–Kier alpha value is -1.43. The predicted molar refractivity (Wildman–Crippen MR) is 81.7 cm³/mol. The van der Waals surface area contributed by atoms with Crippen LogP contribution in [-0.4, -0.2) is 48.6 Å². The van der Waals surface area contributed by atoms with Crippen LogP contribution in [0.3, 0.4) is 0 Å². The molecule has 2 aliphatic heterocycles. The molecule has 2 fully saturated rings. The molecule has 5 heteroatoms. The molecular weight excluding hydrogens is 282 g/mol. The number of aryl methyl sites for hydroxylation is 3. The number of rotatable bonds is 4. The van der Waals surface area contributed by atoms with Crippen LogP contribution in [0, 0.1) is 13.8 Å². The summed E-state index contributed by atoms with van der Waals surface area (Å²) in [4.78, 5) is 12.1. The van der Waals surface area contributed by atoms with Crippen LogP contribution >= 0.6 is 0 Å². The van der Waals surface area contributed by atoms with Crippen LogP contribution in [0.4, 0.5) is 0 Å². The van der Waals surface area contributed by atoms with E-state index in [4.69, 9.17) is 9.47 Å². The molecule has 0 saturated carbocycles. The van der Waals surface area contributed by atoms with Gasteiger partial charge in [-0.1, -0.05) is 23.8 Å². The van der Waals surface area contributed by atoms with E-state index >= 15 is 0 Å². The summed E-state index contributed by atoms with van der Waals surface area (Å²) in [5.41, 5.74) is 3.66. The van der Waals surface area contributed by atoms with Gasteiger partial charge in [-0.15, -0.1) is 0 Å². The molecule has 1 aromatic rings. The van der Waals surface area contributed by atoms with E-state index < -0.39 is 6.10 Å². The van der Waals surface area contributed by atoms with E-state index in [0.29, 0.717) is 13.0 Å². The maximum atomic E-state index is 12.1. The second-order valence-electron chi connectivity index (χ2n) is 6.27. The fourth-order valence-corrected chi connectivity index (χ4v) is 3.26. The molecule has 0 bridgehead atoms. The van der Waals surface area contributed by atoms with Crippen LogP contribution < -0.4 is 5.32 Å². The molecule has 3 rings (SSSR count). The van der Waals surface area contributed by atoms with Gasteiger partial charge in [-0.2, -0.15) is 0 Å². The van der Waals surface area contributed by atoms with Gasteiger partial charge in [0.25, 0.3) is 0 Å². The molecule has 120 valence electrons. The van der Waals surface area contributed by atoms with Crippen LogP contribution in [0.5, 0.6) is 0 Å². The summed E-state index contributed by atoms with van der Waals surface area (Å²) in [7, 11) is 0. The Morgan fingerprint density at radius 1 is 1.27 bits per heavy atom. The van der Waals surface area contributed by atoms with Crippen molar-refractivity contribution < 1.29 is 19.4 Å². The maximum Gasteiger partial charge on any atom is 0.220 e. The molecule has 1 aromatic carbocycles. The van der Waals surface area contributed by atoms with Gasteiger partial charge in [0.1, 0.15) is 18.3 Å². The molecule has 0 aromatic heterocycles. The summed E-state index contributed by atoms with van der Waals surface area (Å²) in [5.74, 6) is -0.000727. The smallest absolute Gasteiger partial charge is 0.220 e. The SMILES string of the molecule is Cc1ccc(CCC(=O)N[C@@H]2CO[C@H]3[C@@H]2OC[C@H]3O)c(C)c1. The minimum absolute atomic E-state index is 0.000727. The summed E-state index contributed by atoms with van der Waals surface area (Å²) >= 11 is 0. The van der Waals surface area contributed by atoms with Crippen molar-refractivity contribution in [3.63, 3.8) is 0 Å². The molecule has 0 radical (unpaired) electrons. The van der Waals surface area contributed by atoms with Crippen molar-refractivity contribution in [1.29, 1.82) is 0 Å². The Morgan fingerprint density at radius 3 is 2.82 bits per heavy atom. The number of aliphatic hydroxyl groups is 1. The summed E-state index contributed by atoms with van der Waals surface area (Å²) in [5, 5.41) is 12.7. The number of hydrogen-bond acceptors (Lipinski definition) is 4. The van der Waals surface area contributed by atoms with Crippen molar-refractivity contribution in [3.05, 3.63) is 34.9 Å². The van der Waals surface area contributed by atoms with Crippen molar-refractivity contribution in [1.82, 2.24) is 5.32 Å². The number of amides is 1. The average Bonchev–Trinajstić information content (AvgIpc) is 3.02. The third kappa shape index (κ3) is 3.16. The highest BCUT2D eigenvalue weighted by atomic mass is 16.6. The van der Waals surface area contributed by atoms with Crippen LogP contribution in [0.25, 0.3) is 0 Å². The Morgan fingerprint density at radius 2 is 2.05 bits per heavy atom. The molecular formula is C17H23NO4. The van der Waals surface area contributed by atoms with Crippen LogP contribution in [0.15, 0.2) is 18.2 Å².